The fourth-order valence-electron chi connectivity index (χ4n) is 1.94. The van der Waals surface area contributed by atoms with Gasteiger partial charge < -0.3 is 10.5 Å². The number of nitrogens with two attached hydrogens (primary N) is 1. The summed E-state index contributed by atoms with van der Waals surface area (Å²) in [6.07, 6.45) is 5.85. The van der Waals surface area contributed by atoms with E-state index >= 15 is 0 Å². The van der Waals surface area contributed by atoms with E-state index in [4.69, 9.17) is 10.5 Å². The van der Waals surface area contributed by atoms with Crippen molar-refractivity contribution in [2.45, 2.75) is 20.8 Å². The Hall–Kier alpha value is -1.70. The zero-order valence-electron chi connectivity index (χ0n) is 11.0. The number of anilines is 1. The molecule has 1 aromatic carbocycles. The molecule has 17 heavy (non-hydrogen) atoms. The van der Waals surface area contributed by atoms with E-state index in [0.717, 1.165) is 11.3 Å². The average Bonchev–Trinajstić information content (AvgIpc) is 2.30. The molecule has 0 aliphatic heterocycles. The maximum Gasteiger partial charge on any atom is 0.0793 e. The molecule has 0 atom stereocenters. The highest BCUT2D eigenvalue weighted by Crippen LogP contribution is 2.38. The maximum atomic E-state index is 6.03. The number of benzene rings is 1. The summed E-state index contributed by atoms with van der Waals surface area (Å²) in [5.74, 6) is 0. The number of hydrogen-bond donors (Lipinski definition) is 1. The Kier molecular flexibility index (Phi) is 4.38. The Labute approximate surface area is 104 Å². The van der Waals surface area contributed by atoms with E-state index in [1.54, 1.807) is 13.4 Å². The van der Waals surface area contributed by atoms with Crippen LogP contribution in [-0.2, 0) is 4.74 Å². The Balaban J connectivity index is 3.18. The van der Waals surface area contributed by atoms with E-state index in [9.17, 15) is 0 Å². The molecule has 1 aromatic rings. The van der Waals surface area contributed by atoms with Crippen molar-refractivity contribution in [1.82, 2.24) is 0 Å². The first-order chi connectivity index (χ1) is 8.03. The van der Waals surface area contributed by atoms with Gasteiger partial charge in [0.2, 0.25) is 0 Å². The highest BCUT2D eigenvalue weighted by molar-refractivity contribution is 5.78. The summed E-state index contributed by atoms with van der Waals surface area (Å²) in [4.78, 5) is 0. The molecule has 0 aliphatic rings. The molecular formula is C15H21NO. The average molecular weight is 231 g/mol. The second-order valence-electron chi connectivity index (χ2n) is 4.55. The van der Waals surface area contributed by atoms with E-state index in [2.05, 4.69) is 19.9 Å². The normalized spacial score (nSPS) is 13.1. The number of methoxy groups -OCH3 is 1. The van der Waals surface area contributed by atoms with Crippen molar-refractivity contribution in [1.29, 1.82) is 0 Å². The number of nitrogen functional groups attached to an aromatic ring is 1. The van der Waals surface area contributed by atoms with Crippen LogP contribution in [0.5, 0.6) is 0 Å². The molecule has 0 bridgehead atoms. The maximum absolute atomic E-state index is 6.03. The highest BCUT2D eigenvalue weighted by atomic mass is 16.5. The van der Waals surface area contributed by atoms with Gasteiger partial charge in [0.25, 0.3) is 0 Å². The van der Waals surface area contributed by atoms with Crippen molar-refractivity contribution in [3.05, 3.63) is 48.2 Å². The molecule has 0 radical (unpaired) electrons. The predicted octanol–water partition coefficient (Wildman–Crippen LogP) is 3.86. The summed E-state index contributed by atoms with van der Waals surface area (Å²) in [6.45, 7) is 6.32. The highest BCUT2D eigenvalue weighted by Gasteiger charge is 2.22. The molecule has 0 unspecified atom stereocenters. The van der Waals surface area contributed by atoms with Crippen LogP contribution >= 0.6 is 0 Å². The van der Waals surface area contributed by atoms with Gasteiger partial charge in [0, 0.05) is 16.7 Å². The van der Waals surface area contributed by atoms with Gasteiger partial charge in [-0.25, -0.2) is 0 Å². The lowest BCUT2D eigenvalue weighted by Crippen LogP contribution is -2.12. The second kappa shape index (κ2) is 5.58. The van der Waals surface area contributed by atoms with Gasteiger partial charge in [-0.2, -0.15) is 0 Å². The molecule has 2 nitrogen and oxygen atoms in total. The van der Waals surface area contributed by atoms with Crippen molar-refractivity contribution in [3.8, 4) is 0 Å². The Morgan fingerprint density at radius 1 is 1.29 bits per heavy atom. The van der Waals surface area contributed by atoms with Gasteiger partial charge in [0.05, 0.1) is 13.4 Å². The third kappa shape index (κ3) is 3.13. The number of hydrogen-bond acceptors (Lipinski definition) is 2. The number of ether oxygens (including phenoxy) is 1. The van der Waals surface area contributed by atoms with Gasteiger partial charge in [-0.15, -0.1) is 0 Å². The quantitative estimate of drug-likeness (QED) is 0.631. The molecule has 92 valence electrons. The largest absolute Gasteiger partial charge is 0.505 e. The topological polar surface area (TPSA) is 35.2 Å². The second-order valence-corrected chi connectivity index (χ2v) is 4.55. The fourth-order valence-corrected chi connectivity index (χ4v) is 1.94. The summed E-state index contributed by atoms with van der Waals surface area (Å²) in [5, 5.41) is 0. The van der Waals surface area contributed by atoms with Crippen LogP contribution in [-0.4, -0.2) is 7.11 Å². The SMILES string of the molecule is CC=C(c1ccccc1N)C(C)(C)C=COC. The van der Waals surface area contributed by atoms with Crippen molar-refractivity contribution >= 4 is 11.3 Å². The molecule has 0 fully saturated rings. The lowest BCUT2D eigenvalue weighted by Gasteiger charge is -2.25. The van der Waals surface area contributed by atoms with Crippen molar-refractivity contribution in [3.63, 3.8) is 0 Å². The number of allylic oxidation sites excluding steroid dienone is 3. The first-order valence-electron chi connectivity index (χ1n) is 5.75. The third-order valence-electron chi connectivity index (χ3n) is 2.85. The summed E-state index contributed by atoms with van der Waals surface area (Å²) >= 11 is 0. The van der Waals surface area contributed by atoms with E-state index in [1.807, 2.05) is 37.3 Å². The van der Waals surface area contributed by atoms with E-state index in [0.29, 0.717) is 0 Å². The lowest BCUT2D eigenvalue weighted by molar-refractivity contribution is 0.332. The minimum atomic E-state index is -0.111. The molecule has 0 saturated carbocycles. The van der Waals surface area contributed by atoms with Crippen LogP contribution in [0.3, 0.4) is 0 Å². The zero-order chi connectivity index (χ0) is 12.9. The van der Waals surface area contributed by atoms with Gasteiger partial charge in [-0.1, -0.05) is 38.1 Å². The van der Waals surface area contributed by atoms with Crippen LogP contribution in [0.4, 0.5) is 5.69 Å². The lowest BCUT2D eigenvalue weighted by atomic mass is 9.79. The van der Waals surface area contributed by atoms with Crippen LogP contribution in [0.1, 0.15) is 26.3 Å². The molecule has 0 aliphatic carbocycles. The summed E-state index contributed by atoms with van der Waals surface area (Å²) in [6, 6.07) is 7.93. The standard InChI is InChI=1S/C15H21NO/c1-5-13(15(2,3)10-11-17-4)12-8-6-7-9-14(12)16/h5-11H,16H2,1-4H3. The molecule has 0 aromatic heterocycles. The van der Waals surface area contributed by atoms with Gasteiger partial charge >= 0.3 is 0 Å². The van der Waals surface area contributed by atoms with E-state index in [1.165, 1.54) is 5.57 Å². The summed E-state index contributed by atoms with van der Waals surface area (Å²) in [5.41, 5.74) is 9.00. The first-order valence-corrected chi connectivity index (χ1v) is 5.75. The smallest absolute Gasteiger partial charge is 0.0793 e. The Morgan fingerprint density at radius 2 is 1.94 bits per heavy atom. The zero-order valence-corrected chi connectivity index (χ0v) is 11.0. The van der Waals surface area contributed by atoms with E-state index < -0.39 is 0 Å². The molecule has 0 heterocycles. The van der Waals surface area contributed by atoms with Gasteiger partial charge in [0.1, 0.15) is 0 Å². The van der Waals surface area contributed by atoms with E-state index in [-0.39, 0.29) is 5.41 Å². The Bertz CT molecular complexity index is 430. The summed E-state index contributed by atoms with van der Waals surface area (Å²) in [7, 11) is 1.65. The van der Waals surface area contributed by atoms with Gasteiger partial charge in [-0.3, -0.25) is 0 Å². The van der Waals surface area contributed by atoms with Gasteiger partial charge in [-0.05, 0) is 24.6 Å². The van der Waals surface area contributed by atoms with Crippen LogP contribution < -0.4 is 5.73 Å². The van der Waals surface area contributed by atoms with Crippen LogP contribution in [0.25, 0.3) is 5.57 Å². The molecule has 1 rings (SSSR count). The van der Waals surface area contributed by atoms with Crippen LogP contribution in [0.15, 0.2) is 42.7 Å². The minimum Gasteiger partial charge on any atom is -0.505 e. The van der Waals surface area contributed by atoms with Crippen LogP contribution in [0, 0.1) is 5.41 Å². The van der Waals surface area contributed by atoms with Crippen molar-refractivity contribution in [2.24, 2.45) is 5.41 Å². The van der Waals surface area contributed by atoms with Crippen molar-refractivity contribution < 1.29 is 4.74 Å². The Morgan fingerprint density at radius 3 is 2.47 bits per heavy atom. The molecule has 2 heteroatoms. The van der Waals surface area contributed by atoms with Crippen LogP contribution in [0.2, 0.25) is 0 Å². The monoisotopic (exact) mass is 231 g/mol. The molecule has 0 amide bonds. The molecule has 0 saturated heterocycles. The number of para-hydroxylation sites is 1. The molecular weight excluding hydrogens is 210 g/mol. The van der Waals surface area contributed by atoms with Gasteiger partial charge in [0.15, 0.2) is 0 Å². The molecule has 2 N–H and O–H groups in total. The fraction of sp³-hybridized carbons (Fsp3) is 0.333. The number of rotatable bonds is 4. The minimum absolute atomic E-state index is 0.111. The molecule has 0 spiro atoms. The third-order valence-corrected chi connectivity index (χ3v) is 2.85. The first kappa shape index (κ1) is 13.4. The summed E-state index contributed by atoms with van der Waals surface area (Å²) < 4.78 is 5.00. The van der Waals surface area contributed by atoms with Crippen molar-refractivity contribution in [2.75, 3.05) is 12.8 Å². The predicted molar refractivity (Wildman–Crippen MR) is 74.4 cm³/mol.